The van der Waals surface area contributed by atoms with Crippen molar-refractivity contribution in [1.29, 1.82) is 0 Å². The first kappa shape index (κ1) is 12.4. The Morgan fingerprint density at radius 1 is 1.50 bits per heavy atom. The Bertz CT molecular complexity index is 332. The minimum absolute atomic E-state index is 0.0410. The first-order valence-corrected chi connectivity index (χ1v) is 5.30. The molecule has 0 aliphatic rings. The quantitative estimate of drug-likeness (QED) is 0.762. The molecule has 1 aromatic heterocycles. The number of anilines is 1. The maximum atomic E-state index is 11.9. The van der Waals surface area contributed by atoms with Crippen LogP contribution >= 0.6 is 0 Å². The highest BCUT2D eigenvalue weighted by Gasteiger charge is 2.15. The average molecular weight is 223 g/mol. The fourth-order valence-electron chi connectivity index (χ4n) is 1.40. The largest absolute Gasteiger partial charge is 0.397 e. The summed E-state index contributed by atoms with van der Waals surface area (Å²) in [6.45, 7) is 2.89. The van der Waals surface area contributed by atoms with Gasteiger partial charge in [0.1, 0.15) is 5.69 Å². The lowest BCUT2D eigenvalue weighted by Crippen LogP contribution is -2.34. The van der Waals surface area contributed by atoms with Crippen molar-refractivity contribution in [3.05, 3.63) is 24.0 Å². The molecule has 0 saturated heterocycles. The number of hydrogen-bond donors (Lipinski definition) is 2. The lowest BCUT2D eigenvalue weighted by Gasteiger charge is -2.20. The number of nitrogen functional groups attached to an aromatic ring is 1. The van der Waals surface area contributed by atoms with Crippen LogP contribution in [0.5, 0.6) is 0 Å². The fraction of sp³-hybridized carbons (Fsp3) is 0.455. The number of nitrogens with two attached hydrogens (primary N) is 1. The number of carbonyl (C=O) groups excluding carboxylic acids is 1. The van der Waals surface area contributed by atoms with Gasteiger partial charge in [0, 0.05) is 13.1 Å². The van der Waals surface area contributed by atoms with Crippen molar-refractivity contribution < 1.29 is 9.90 Å². The Hall–Kier alpha value is -1.62. The number of carbonyl (C=O) groups is 1. The van der Waals surface area contributed by atoms with Gasteiger partial charge in [-0.3, -0.25) is 4.79 Å². The molecule has 0 bridgehead atoms. The van der Waals surface area contributed by atoms with E-state index in [9.17, 15) is 4.79 Å². The van der Waals surface area contributed by atoms with Crippen LogP contribution in [0.25, 0.3) is 0 Å². The minimum Gasteiger partial charge on any atom is -0.397 e. The van der Waals surface area contributed by atoms with Crippen molar-refractivity contribution in [3.8, 4) is 0 Å². The summed E-state index contributed by atoms with van der Waals surface area (Å²) in [6, 6.07) is 3.24. The van der Waals surface area contributed by atoms with Gasteiger partial charge >= 0.3 is 0 Å². The molecule has 0 unspecified atom stereocenters. The van der Waals surface area contributed by atoms with Crippen LogP contribution in [0.4, 0.5) is 5.69 Å². The summed E-state index contributed by atoms with van der Waals surface area (Å²) in [4.78, 5) is 17.5. The van der Waals surface area contributed by atoms with Crippen LogP contribution in [0.15, 0.2) is 18.3 Å². The number of amides is 1. The van der Waals surface area contributed by atoms with Crippen LogP contribution in [0, 0.1) is 0 Å². The van der Waals surface area contributed by atoms with Gasteiger partial charge in [0.15, 0.2) is 0 Å². The number of aliphatic hydroxyl groups excluding tert-OH is 1. The zero-order chi connectivity index (χ0) is 12.0. The summed E-state index contributed by atoms with van der Waals surface area (Å²) >= 11 is 0. The summed E-state index contributed by atoms with van der Waals surface area (Å²) in [5.41, 5.74) is 6.38. The summed E-state index contributed by atoms with van der Waals surface area (Å²) in [7, 11) is 0. The second kappa shape index (κ2) is 6.07. The number of pyridine rings is 1. The molecule has 0 saturated carbocycles. The van der Waals surface area contributed by atoms with Crippen molar-refractivity contribution in [3.63, 3.8) is 0 Å². The molecule has 5 nitrogen and oxygen atoms in total. The molecule has 0 fully saturated rings. The third-order valence-corrected chi connectivity index (χ3v) is 2.16. The average Bonchev–Trinajstić information content (AvgIpc) is 2.29. The minimum atomic E-state index is -0.170. The lowest BCUT2D eigenvalue weighted by molar-refractivity contribution is 0.0716. The Morgan fingerprint density at radius 2 is 2.25 bits per heavy atom. The Morgan fingerprint density at radius 3 is 2.75 bits per heavy atom. The third-order valence-electron chi connectivity index (χ3n) is 2.16. The number of hydrogen-bond acceptors (Lipinski definition) is 4. The Labute approximate surface area is 94.9 Å². The summed E-state index contributed by atoms with van der Waals surface area (Å²) < 4.78 is 0. The van der Waals surface area contributed by atoms with Crippen LogP contribution in [0.1, 0.15) is 23.8 Å². The predicted octanol–water partition coefficient (Wildman–Crippen LogP) is 0.508. The summed E-state index contributed by atoms with van der Waals surface area (Å²) in [5, 5.41) is 8.87. The molecule has 0 aliphatic carbocycles. The van der Waals surface area contributed by atoms with Crippen molar-refractivity contribution in [1.82, 2.24) is 9.88 Å². The smallest absolute Gasteiger partial charge is 0.272 e. The van der Waals surface area contributed by atoms with Crippen LogP contribution in [-0.4, -0.2) is 40.6 Å². The Balaban J connectivity index is 2.77. The fourth-order valence-corrected chi connectivity index (χ4v) is 1.40. The van der Waals surface area contributed by atoms with Gasteiger partial charge in [0.25, 0.3) is 5.91 Å². The highest BCUT2D eigenvalue weighted by atomic mass is 16.3. The van der Waals surface area contributed by atoms with Crippen molar-refractivity contribution in [2.45, 2.75) is 13.3 Å². The SMILES string of the molecule is CCCN(CCO)C(=O)c1ccc(N)cn1. The van der Waals surface area contributed by atoms with E-state index in [0.717, 1.165) is 6.42 Å². The van der Waals surface area contributed by atoms with Crippen LogP contribution in [-0.2, 0) is 0 Å². The number of aromatic nitrogens is 1. The van der Waals surface area contributed by atoms with Crippen molar-refractivity contribution in [2.75, 3.05) is 25.4 Å². The molecule has 0 radical (unpaired) electrons. The summed E-state index contributed by atoms with van der Waals surface area (Å²) in [6.07, 6.45) is 2.30. The van der Waals surface area contributed by atoms with Gasteiger partial charge < -0.3 is 15.7 Å². The maximum absolute atomic E-state index is 11.9. The van der Waals surface area contributed by atoms with E-state index in [1.807, 2.05) is 6.92 Å². The number of rotatable bonds is 5. The molecule has 88 valence electrons. The van der Waals surface area contributed by atoms with Gasteiger partial charge in [-0.25, -0.2) is 4.98 Å². The molecule has 3 N–H and O–H groups in total. The zero-order valence-electron chi connectivity index (χ0n) is 9.39. The van der Waals surface area contributed by atoms with E-state index in [1.165, 1.54) is 6.20 Å². The molecular formula is C11H17N3O2. The number of nitrogens with zero attached hydrogens (tertiary/aromatic N) is 2. The second-order valence-electron chi connectivity index (χ2n) is 3.49. The van der Waals surface area contributed by atoms with E-state index < -0.39 is 0 Å². The van der Waals surface area contributed by atoms with Crippen LogP contribution in [0.2, 0.25) is 0 Å². The van der Waals surface area contributed by atoms with E-state index in [0.29, 0.717) is 24.5 Å². The molecule has 1 rings (SSSR count). The van der Waals surface area contributed by atoms with Crippen LogP contribution < -0.4 is 5.73 Å². The van der Waals surface area contributed by atoms with Crippen molar-refractivity contribution >= 4 is 11.6 Å². The summed E-state index contributed by atoms with van der Waals surface area (Å²) in [5.74, 6) is -0.170. The maximum Gasteiger partial charge on any atom is 0.272 e. The standard InChI is InChI=1S/C11H17N3O2/c1-2-5-14(6-7-15)11(16)10-4-3-9(12)8-13-10/h3-4,8,15H,2,5-7,12H2,1H3. The Kier molecular flexibility index (Phi) is 4.72. The van der Waals surface area contributed by atoms with Crippen molar-refractivity contribution in [2.24, 2.45) is 0 Å². The van der Waals surface area contributed by atoms with Gasteiger partial charge in [-0.1, -0.05) is 6.92 Å². The molecule has 0 spiro atoms. The molecule has 16 heavy (non-hydrogen) atoms. The second-order valence-corrected chi connectivity index (χ2v) is 3.49. The zero-order valence-corrected chi connectivity index (χ0v) is 9.39. The first-order chi connectivity index (χ1) is 7.69. The van der Waals surface area contributed by atoms with Gasteiger partial charge in [0.05, 0.1) is 18.5 Å². The van der Waals surface area contributed by atoms with Gasteiger partial charge in [-0.2, -0.15) is 0 Å². The molecule has 1 heterocycles. The lowest BCUT2D eigenvalue weighted by atomic mass is 10.3. The van der Waals surface area contributed by atoms with Gasteiger partial charge in [-0.15, -0.1) is 0 Å². The third kappa shape index (κ3) is 3.20. The molecule has 0 aromatic carbocycles. The highest BCUT2D eigenvalue weighted by molar-refractivity contribution is 5.92. The predicted molar refractivity (Wildman–Crippen MR) is 61.9 cm³/mol. The van der Waals surface area contributed by atoms with Gasteiger partial charge in [0.2, 0.25) is 0 Å². The molecule has 1 amide bonds. The monoisotopic (exact) mass is 223 g/mol. The molecular weight excluding hydrogens is 206 g/mol. The molecule has 1 aromatic rings. The molecule has 5 heteroatoms. The topological polar surface area (TPSA) is 79.5 Å². The van der Waals surface area contributed by atoms with E-state index in [2.05, 4.69) is 4.98 Å². The van der Waals surface area contributed by atoms with E-state index >= 15 is 0 Å². The highest BCUT2D eigenvalue weighted by Crippen LogP contribution is 2.05. The molecule has 0 atom stereocenters. The number of aliphatic hydroxyl groups is 1. The van der Waals surface area contributed by atoms with E-state index in [4.69, 9.17) is 10.8 Å². The van der Waals surface area contributed by atoms with Crippen LogP contribution in [0.3, 0.4) is 0 Å². The van der Waals surface area contributed by atoms with E-state index in [-0.39, 0.29) is 12.5 Å². The first-order valence-electron chi connectivity index (χ1n) is 5.30. The molecule has 0 aliphatic heterocycles. The van der Waals surface area contributed by atoms with E-state index in [1.54, 1.807) is 17.0 Å². The normalized spacial score (nSPS) is 10.1. The van der Waals surface area contributed by atoms with Gasteiger partial charge in [-0.05, 0) is 18.6 Å².